The van der Waals surface area contributed by atoms with Crippen LogP contribution in [0.5, 0.6) is 0 Å². The number of rotatable bonds is 21. The van der Waals surface area contributed by atoms with Crippen LogP contribution in [0.2, 0.25) is 0 Å². The summed E-state index contributed by atoms with van der Waals surface area (Å²) in [5.41, 5.74) is -2.24. The van der Waals surface area contributed by atoms with Crippen LogP contribution < -0.4 is 22.5 Å². The van der Waals surface area contributed by atoms with Gasteiger partial charge in [-0.15, -0.1) is 0 Å². The summed E-state index contributed by atoms with van der Waals surface area (Å²) >= 11 is 0. The van der Waals surface area contributed by atoms with E-state index >= 15 is 0 Å². The number of hydrogen-bond donors (Lipinski definition) is 0. The molecule has 4 rings (SSSR count). The summed E-state index contributed by atoms with van der Waals surface area (Å²) in [5, 5.41) is 0. The number of carbonyl (C=O) groups is 3. The van der Waals surface area contributed by atoms with Crippen molar-refractivity contribution in [2.75, 3.05) is 33.0 Å². The molecule has 15 heteroatoms. The molecule has 0 N–H and O–H groups in total. The highest BCUT2D eigenvalue weighted by Gasteiger charge is 2.20. The van der Waals surface area contributed by atoms with Crippen molar-refractivity contribution in [3.63, 3.8) is 0 Å². The summed E-state index contributed by atoms with van der Waals surface area (Å²) in [6.07, 6.45) is 6.37. The van der Waals surface area contributed by atoms with E-state index < -0.39 is 52.0 Å². The maximum absolute atomic E-state index is 13.1. The second-order valence-corrected chi connectivity index (χ2v) is 15.0. The Balaban J connectivity index is 1.24. The zero-order valence-electron chi connectivity index (χ0n) is 34.0. The zero-order valence-corrected chi connectivity index (χ0v) is 34.0. The first-order valence-electron chi connectivity index (χ1n) is 19.5. The molecule has 0 aliphatic heterocycles. The van der Waals surface area contributed by atoms with Gasteiger partial charge in [0.2, 0.25) is 0 Å². The second-order valence-electron chi connectivity index (χ2n) is 15.0. The molecular formula is C43H54N4O11. The molecule has 0 bridgehead atoms. The van der Waals surface area contributed by atoms with Gasteiger partial charge in [0.15, 0.2) is 0 Å². The molecule has 2 aromatic heterocycles. The van der Waals surface area contributed by atoms with Gasteiger partial charge >= 0.3 is 17.3 Å². The largest absolute Gasteiger partial charge is 0.458 e. The lowest BCUT2D eigenvalue weighted by atomic mass is 10.2. The molecule has 0 saturated heterocycles. The van der Waals surface area contributed by atoms with Crippen LogP contribution in [0.3, 0.4) is 0 Å². The van der Waals surface area contributed by atoms with E-state index in [0.717, 1.165) is 0 Å². The smallest absolute Gasteiger partial charge is 0.338 e. The van der Waals surface area contributed by atoms with Crippen molar-refractivity contribution in [1.82, 2.24) is 18.3 Å². The lowest BCUT2D eigenvalue weighted by molar-refractivity contribution is -0.162. The molecule has 0 saturated carbocycles. The third-order valence-electron chi connectivity index (χ3n) is 8.93. The van der Waals surface area contributed by atoms with Crippen molar-refractivity contribution < 1.29 is 33.3 Å². The Labute approximate surface area is 336 Å². The Morgan fingerprint density at radius 2 is 1.05 bits per heavy atom. The van der Waals surface area contributed by atoms with Crippen molar-refractivity contribution in [3.05, 3.63) is 137 Å². The van der Waals surface area contributed by atoms with Gasteiger partial charge < -0.3 is 18.9 Å². The number of aryl methyl sites for hydroxylation is 4. The third kappa shape index (κ3) is 13.3. The summed E-state index contributed by atoms with van der Waals surface area (Å²) in [6.45, 7) is 9.87. The van der Waals surface area contributed by atoms with E-state index in [2.05, 4.69) is 0 Å². The number of aromatic nitrogens is 4. The minimum Gasteiger partial charge on any atom is -0.458 e. The third-order valence-corrected chi connectivity index (χ3v) is 8.93. The van der Waals surface area contributed by atoms with Gasteiger partial charge in [0, 0.05) is 61.0 Å². The minimum absolute atomic E-state index is 0.0879. The fraction of sp³-hybridized carbons (Fsp3) is 0.465. The molecule has 15 nitrogen and oxygen atoms in total. The maximum atomic E-state index is 13.1. The van der Waals surface area contributed by atoms with Gasteiger partial charge in [-0.3, -0.25) is 28.3 Å². The van der Waals surface area contributed by atoms with Crippen molar-refractivity contribution in [2.45, 2.75) is 97.9 Å². The Morgan fingerprint density at radius 1 is 0.603 bits per heavy atom. The normalized spacial score (nSPS) is 12.0. The zero-order chi connectivity index (χ0) is 42.2. The van der Waals surface area contributed by atoms with Gasteiger partial charge in [-0.1, -0.05) is 36.4 Å². The number of hydrogen-bond acceptors (Lipinski definition) is 11. The molecule has 58 heavy (non-hydrogen) atoms. The Hall–Kier alpha value is -5.51. The fourth-order valence-electron chi connectivity index (χ4n) is 6.05. The minimum atomic E-state index is -0.689. The highest BCUT2D eigenvalue weighted by molar-refractivity contribution is 5.96. The van der Waals surface area contributed by atoms with Gasteiger partial charge in [0.25, 0.3) is 22.9 Å². The van der Waals surface area contributed by atoms with Gasteiger partial charge in [-0.2, -0.15) is 9.13 Å². The number of carbonyl (C=O) groups excluding carboxylic acids is 3. The first kappa shape index (κ1) is 45.2. The summed E-state index contributed by atoms with van der Waals surface area (Å²) in [7, 11) is 0. The van der Waals surface area contributed by atoms with E-state index in [4.69, 9.17) is 18.9 Å². The molecule has 2 heterocycles. The van der Waals surface area contributed by atoms with Crippen molar-refractivity contribution >= 4 is 17.8 Å². The molecule has 4 aromatic rings. The van der Waals surface area contributed by atoms with Crippen LogP contribution in [-0.4, -0.2) is 80.8 Å². The predicted molar refractivity (Wildman–Crippen MR) is 217 cm³/mol. The van der Waals surface area contributed by atoms with E-state index in [1.165, 1.54) is 21.5 Å². The average Bonchev–Trinajstić information content (AvgIpc) is 3.19. The quantitative estimate of drug-likeness (QED) is 0.0875. The molecular weight excluding hydrogens is 748 g/mol. The van der Waals surface area contributed by atoms with Crippen LogP contribution in [0.15, 0.2) is 92.2 Å². The molecule has 0 aliphatic carbocycles. The first-order chi connectivity index (χ1) is 27.7. The summed E-state index contributed by atoms with van der Waals surface area (Å²) in [5.74, 6) is -1.84. The second kappa shape index (κ2) is 21.9. The van der Waals surface area contributed by atoms with Crippen LogP contribution >= 0.6 is 0 Å². The Kier molecular flexibility index (Phi) is 17.0. The number of benzene rings is 2. The van der Waals surface area contributed by atoms with Crippen LogP contribution in [0.1, 0.15) is 91.1 Å². The van der Waals surface area contributed by atoms with Gasteiger partial charge in [0.1, 0.15) is 18.3 Å². The van der Waals surface area contributed by atoms with Gasteiger partial charge in [-0.25, -0.2) is 14.4 Å². The molecule has 1 unspecified atom stereocenters. The number of unbranched alkanes of at least 4 members (excludes halogenated alkanes) is 4. The molecule has 312 valence electrons. The number of ether oxygens (including phenoxy) is 4. The molecule has 0 spiro atoms. The molecule has 2 aromatic carbocycles. The lowest BCUT2D eigenvalue weighted by Gasteiger charge is -2.21. The molecule has 0 radical (unpaired) electrons. The van der Waals surface area contributed by atoms with Crippen molar-refractivity contribution in [2.24, 2.45) is 0 Å². The molecule has 0 aliphatic rings. The first-order valence-corrected chi connectivity index (χ1v) is 19.5. The summed E-state index contributed by atoms with van der Waals surface area (Å²) in [4.78, 5) is 89.9. The van der Waals surface area contributed by atoms with Crippen LogP contribution in [-0.2, 0) is 36.8 Å². The van der Waals surface area contributed by atoms with E-state index in [0.29, 0.717) is 74.0 Å². The predicted octanol–water partition coefficient (Wildman–Crippen LogP) is 4.13. The highest BCUT2D eigenvalue weighted by atomic mass is 16.6. The van der Waals surface area contributed by atoms with E-state index in [9.17, 15) is 33.6 Å². The van der Waals surface area contributed by atoms with E-state index in [-0.39, 0.29) is 42.1 Å². The van der Waals surface area contributed by atoms with Gasteiger partial charge in [-0.05, 0) is 97.4 Å². The summed E-state index contributed by atoms with van der Waals surface area (Å²) < 4.78 is 27.0. The van der Waals surface area contributed by atoms with E-state index in [1.807, 2.05) is 0 Å². The van der Waals surface area contributed by atoms with Crippen molar-refractivity contribution in [1.29, 1.82) is 0 Å². The lowest BCUT2D eigenvalue weighted by Crippen LogP contribution is -2.44. The molecule has 1 atom stereocenters. The number of nitrogens with zero attached hydrogens (tertiary/aromatic N) is 4. The fourth-order valence-corrected chi connectivity index (χ4v) is 6.05. The Bertz CT molecular complexity index is 2230. The summed E-state index contributed by atoms with van der Waals surface area (Å²) in [6, 6.07) is 16.4. The monoisotopic (exact) mass is 802 g/mol. The average molecular weight is 803 g/mol. The topological polar surface area (TPSA) is 176 Å². The van der Waals surface area contributed by atoms with Crippen LogP contribution in [0, 0.1) is 13.8 Å². The molecule has 0 amide bonds. The van der Waals surface area contributed by atoms with E-state index in [1.54, 1.807) is 95.3 Å². The van der Waals surface area contributed by atoms with Crippen LogP contribution in [0.25, 0.3) is 0 Å². The van der Waals surface area contributed by atoms with Crippen LogP contribution in [0.4, 0.5) is 0 Å². The Morgan fingerprint density at radius 3 is 1.52 bits per heavy atom. The van der Waals surface area contributed by atoms with Gasteiger partial charge in [0.05, 0.1) is 13.2 Å². The maximum Gasteiger partial charge on any atom is 0.338 e. The standard InChI is InChI=1S/C43H54N4O11/c1-31-26-44(41(53)46(37(31)49)39(51)33-18-10-6-11-19-33)22-14-8-16-24-55-28-35(29-56-30-36(48)58-43(3,4)5)57-25-17-9-15-23-45-27-32(2)38(50)47(42(45)54)40(52)34-20-12-7-13-21-34/h6-7,10-13,18-21,26-27,35H,8-9,14-17,22-25,28-30H2,1-5H3. The van der Waals surface area contributed by atoms with Crippen molar-refractivity contribution in [3.8, 4) is 0 Å². The SMILES string of the molecule is Cc1cn(CCCCCOCC(COCC(=O)OC(C)(C)C)OCCCCCn2cc(C)c(=O)n(C(=O)c3ccccc3)c2=O)c(=O)n(C(=O)c2ccccc2)c1=O. The number of esters is 1. The molecule has 0 fully saturated rings. The highest BCUT2D eigenvalue weighted by Crippen LogP contribution is 2.09.